The summed E-state index contributed by atoms with van der Waals surface area (Å²) in [6.07, 6.45) is -10.3. The molecule has 6 N–H and O–H groups in total. The lowest BCUT2D eigenvalue weighted by molar-refractivity contribution is -0.610. The normalized spacial score (nSPS) is 23.0. The monoisotopic (exact) mass is 325 g/mol. The van der Waals surface area contributed by atoms with Gasteiger partial charge in [-0.05, 0) is 20.8 Å². The molecule has 0 radical (unpaired) electrons. The zero-order valence-corrected chi connectivity index (χ0v) is 13.0. The van der Waals surface area contributed by atoms with E-state index in [1.165, 1.54) is 20.8 Å². The summed E-state index contributed by atoms with van der Waals surface area (Å²) < 4.78 is 0. The standard InChI is InChI=1S/C13H27NO8/c1-7(15)4-10(18)13(14(21)22,11(19)5-8(2)16)12(20)6-9(3)17/h7-12,15-20H,4-6H2,1-3H3. The van der Waals surface area contributed by atoms with E-state index in [1.807, 2.05) is 0 Å². The summed E-state index contributed by atoms with van der Waals surface area (Å²) >= 11 is 0. The molecule has 0 bridgehead atoms. The number of nitrogens with zero attached hydrogens (tertiary/aromatic N) is 1. The minimum atomic E-state index is -2.62. The minimum absolute atomic E-state index is 0.450. The van der Waals surface area contributed by atoms with Crippen LogP contribution in [0, 0.1) is 10.1 Å². The molecule has 0 heterocycles. The van der Waals surface area contributed by atoms with E-state index in [4.69, 9.17) is 0 Å². The van der Waals surface area contributed by atoms with Crippen molar-refractivity contribution in [2.24, 2.45) is 0 Å². The molecule has 0 aromatic rings. The molecular weight excluding hydrogens is 298 g/mol. The third-order valence-electron chi connectivity index (χ3n) is 3.61. The Bertz CT molecular complexity index is 306. The summed E-state index contributed by atoms with van der Waals surface area (Å²) in [4.78, 5) is 10.6. The number of aliphatic hydroxyl groups is 6. The summed E-state index contributed by atoms with van der Waals surface area (Å²) in [6.45, 7) is 3.90. The van der Waals surface area contributed by atoms with Crippen LogP contribution in [0.4, 0.5) is 0 Å². The highest BCUT2D eigenvalue weighted by Crippen LogP contribution is 2.32. The van der Waals surface area contributed by atoms with E-state index in [0.29, 0.717) is 0 Å². The maximum absolute atomic E-state index is 11.6. The van der Waals surface area contributed by atoms with Crippen molar-refractivity contribution in [2.75, 3.05) is 0 Å². The number of nitro groups is 1. The molecule has 0 amide bonds. The summed E-state index contributed by atoms with van der Waals surface area (Å²) in [6, 6.07) is 0. The van der Waals surface area contributed by atoms with Crippen LogP contribution in [0.1, 0.15) is 40.0 Å². The molecule has 0 saturated carbocycles. The maximum atomic E-state index is 11.6. The third kappa shape index (κ3) is 5.11. The molecule has 0 aliphatic carbocycles. The van der Waals surface area contributed by atoms with Crippen LogP contribution in [-0.4, -0.2) is 77.7 Å². The summed E-state index contributed by atoms with van der Waals surface area (Å²) in [7, 11) is 0. The van der Waals surface area contributed by atoms with E-state index in [0.717, 1.165) is 0 Å². The number of hydrogen-bond donors (Lipinski definition) is 6. The zero-order chi connectivity index (χ0) is 17.7. The largest absolute Gasteiger partial charge is 0.393 e. The van der Waals surface area contributed by atoms with Crippen LogP contribution >= 0.6 is 0 Å². The lowest BCUT2D eigenvalue weighted by atomic mass is 9.75. The van der Waals surface area contributed by atoms with Gasteiger partial charge in [0.1, 0.15) is 18.3 Å². The number of aliphatic hydroxyl groups excluding tert-OH is 6. The van der Waals surface area contributed by atoms with Gasteiger partial charge in [0, 0.05) is 24.2 Å². The molecule has 0 aliphatic heterocycles. The van der Waals surface area contributed by atoms with Gasteiger partial charge >= 0.3 is 0 Å². The fourth-order valence-electron chi connectivity index (χ4n) is 2.57. The second kappa shape index (κ2) is 8.70. The van der Waals surface area contributed by atoms with E-state index in [1.54, 1.807) is 0 Å². The summed E-state index contributed by atoms with van der Waals surface area (Å²) in [5, 5.41) is 70.2. The topological polar surface area (TPSA) is 165 Å². The first-order valence-electron chi connectivity index (χ1n) is 7.19. The third-order valence-corrected chi connectivity index (χ3v) is 3.61. The molecule has 0 aromatic carbocycles. The van der Waals surface area contributed by atoms with E-state index < -0.39 is 66.3 Å². The Morgan fingerprint density at radius 1 is 0.773 bits per heavy atom. The Morgan fingerprint density at radius 2 is 1.00 bits per heavy atom. The Hall–Kier alpha value is -0.840. The van der Waals surface area contributed by atoms with Crippen molar-refractivity contribution in [1.82, 2.24) is 0 Å². The molecular formula is C13H27NO8. The van der Waals surface area contributed by atoms with Crippen LogP contribution in [0.3, 0.4) is 0 Å². The first-order valence-corrected chi connectivity index (χ1v) is 7.19. The van der Waals surface area contributed by atoms with Gasteiger partial charge in [-0.25, -0.2) is 0 Å². The smallest absolute Gasteiger partial charge is 0.298 e. The van der Waals surface area contributed by atoms with Gasteiger partial charge in [0.05, 0.1) is 18.3 Å². The van der Waals surface area contributed by atoms with Crippen LogP contribution in [0.2, 0.25) is 0 Å². The molecule has 6 atom stereocenters. The fraction of sp³-hybridized carbons (Fsp3) is 1.00. The van der Waals surface area contributed by atoms with Crippen molar-refractivity contribution in [2.45, 2.75) is 82.2 Å². The first kappa shape index (κ1) is 21.2. The van der Waals surface area contributed by atoms with Crippen molar-refractivity contribution < 1.29 is 35.6 Å². The molecule has 22 heavy (non-hydrogen) atoms. The van der Waals surface area contributed by atoms with E-state index in [2.05, 4.69) is 0 Å². The Kier molecular flexibility index (Phi) is 8.37. The van der Waals surface area contributed by atoms with Gasteiger partial charge in [0.15, 0.2) is 0 Å². The lowest BCUT2D eigenvalue weighted by Gasteiger charge is -2.38. The van der Waals surface area contributed by atoms with E-state index in [-0.39, 0.29) is 0 Å². The molecule has 0 spiro atoms. The van der Waals surface area contributed by atoms with Gasteiger partial charge in [0.2, 0.25) is 0 Å². The van der Waals surface area contributed by atoms with Crippen LogP contribution < -0.4 is 0 Å². The molecule has 0 fully saturated rings. The Balaban J connectivity index is 5.78. The van der Waals surface area contributed by atoms with Gasteiger partial charge in [-0.15, -0.1) is 0 Å². The van der Waals surface area contributed by atoms with Crippen LogP contribution in [0.5, 0.6) is 0 Å². The lowest BCUT2D eigenvalue weighted by Crippen LogP contribution is -2.66. The second-order valence-electron chi connectivity index (χ2n) is 5.95. The van der Waals surface area contributed by atoms with Crippen molar-refractivity contribution in [3.05, 3.63) is 10.1 Å². The van der Waals surface area contributed by atoms with Crippen molar-refractivity contribution in [1.29, 1.82) is 0 Å². The molecule has 0 rings (SSSR count). The summed E-state index contributed by atoms with van der Waals surface area (Å²) in [5.41, 5.74) is -2.62. The highest BCUT2D eigenvalue weighted by atomic mass is 16.6. The quantitative estimate of drug-likeness (QED) is 0.206. The van der Waals surface area contributed by atoms with Gasteiger partial charge in [-0.3, -0.25) is 10.1 Å². The van der Waals surface area contributed by atoms with E-state index >= 15 is 0 Å². The Morgan fingerprint density at radius 3 is 1.14 bits per heavy atom. The Labute approximate surface area is 129 Å². The highest BCUT2D eigenvalue weighted by Gasteiger charge is 2.61. The molecule has 0 saturated heterocycles. The molecule has 132 valence electrons. The van der Waals surface area contributed by atoms with Crippen molar-refractivity contribution in [3.8, 4) is 0 Å². The molecule has 0 aromatic heterocycles. The van der Waals surface area contributed by atoms with E-state index in [9.17, 15) is 40.8 Å². The SMILES string of the molecule is CC(O)CC(O)C(C(O)CC(C)O)(C(O)CC(C)O)[N+](=O)[O-]. The minimum Gasteiger partial charge on any atom is -0.393 e. The first-order chi connectivity index (χ1) is 9.96. The number of rotatable bonds is 10. The van der Waals surface area contributed by atoms with Gasteiger partial charge in [-0.2, -0.15) is 0 Å². The molecule has 9 nitrogen and oxygen atoms in total. The zero-order valence-electron chi connectivity index (χ0n) is 13.0. The fourth-order valence-corrected chi connectivity index (χ4v) is 2.57. The molecule has 6 unspecified atom stereocenters. The summed E-state index contributed by atoms with van der Waals surface area (Å²) in [5.74, 6) is 0. The molecule has 0 aliphatic rings. The highest BCUT2D eigenvalue weighted by molar-refractivity contribution is 5.01. The van der Waals surface area contributed by atoms with Crippen LogP contribution in [0.25, 0.3) is 0 Å². The van der Waals surface area contributed by atoms with Crippen molar-refractivity contribution in [3.63, 3.8) is 0 Å². The average Bonchev–Trinajstić information content (AvgIpc) is 2.25. The van der Waals surface area contributed by atoms with Crippen molar-refractivity contribution >= 4 is 0 Å². The van der Waals surface area contributed by atoms with Gasteiger partial charge in [-0.1, -0.05) is 0 Å². The van der Waals surface area contributed by atoms with Gasteiger partial charge < -0.3 is 30.6 Å². The molecule has 9 heteroatoms. The van der Waals surface area contributed by atoms with Crippen LogP contribution in [-0.2, 0) is 0 Å². The van der Waals surface area contributed by atoms with Gasteiger partial charge in [0.25, 0.3) is 5.54 Å². The number of hydrogen-bond acceptors (Lipinski definition) is 8. The average molecular weight is 325 g/mol. The predicted octanol–water partition coefficient (Wildman–Crippen LogP) is -1.60. The predicted molar refractivity (Wildman–Crippen MR) is 76.6 cm³/mol. The second-order valence-corrected chi connectivity index (χ2v) is 5.95. The maximum Gasteiger partial charge on any atom is 0.298 e. The van der Waals surface area contributed by atoms with Crippen LogP contribution in [0.15, 0.2) is 0 Å².